The minimum atomic E-state index is 0.271. The molecule has 0 aromatic carbocycles. The smallest absolute Gasteiger partial charge is 0.0726 e. The Balaban J connectivity index is 2.24. The molecule has 2 N–H and O–H groups in total. The van der Waals surface area contributed by atoms with E-state index >= 15 is 0 Å². The van der Waals surface area contributed by atoms with Crippen LogP contribution in [-0.2, 0) is 4.74 Å². The molecule has 0 saturated carbocycles. The molecule has 0 amide bonds. The topological polar surface area (TPSA) is 35.2 Å². The maximum absolute atomic E-state index is 5.75. The van der Waals surface area contributed by atoms with E-state index in [9.17, 15) is 0 Å². The van der Waals surface area contributed by atoms with E-state index in [-0.39, 0.29) is 6.04 Å². The van der Waals surface area contributed by atoms with E-state index in [0.29, 0.717) is 6.10 Å². The van der Waals surface area contributed by atoms with Gasteiger partial charge in [-0.1, -0.05) is 6.92 Å². The lowest BCUT2D eigenvalue weighted by Gasteiger charge is -2.15. The molecule has 0 aromatic rings. The molecule has 1 heterocycles. The third-order valence-corrected chi connectivity index (χ3v) is 1.91. The Labute approximate surface area is 56.4 Å². The second-order valence-electron chi connectivity index (χ2n) is 2.62. The van der Waals surface area contributed by atoms with Crippen molar-refractivity contribution < 1.29 is 4.74 Å². The summed E-state index contributed by atoms with van der Waals surface area (Å²) in [4.78, 5) is 0. The summed E-state index contributed by atoms with van der Waals surface area (Å²) in [7, 11) is 0. The first-order valence-corrected chi connectivity index (χ1v) is 3.71. The molecule has 1 saturated heterocycles. The van der Waals surface area contributed by atoms with Crippen LogP contribution >= 0.6 is 0 Å². The number of hydrogen-bond donors (Lipinski definition) is 1. The lowest BCUT2D eigenvalue weighted by atomic mass is 10.1. The van der Waals surface area contributed by atoms with Crippen LogP contribution in [0.1, 0.15) is 26.2 Å². The summed E-state index contributed by atoms with van der Waals surface area (Å²) < 4.78 is 5.38. The van der Waals surface area contributed by atoms with Gasteiger partial charge in [-0.2, -0.15) is 0 Å². The van der Waals surface area contributed by atoms with Gasteiger partial charge in [-0.25, -0.2) is 0 Å². The molecule has 1 fully saturated rings. The van der Waals surface area contributed by atoms with Crippen LogP contribution in [0.15, 0.2) is 0 Å². The number of rotatable bonds is 2. The van der Waals surface area contributed by atoms with Crippen LogP contribution < -0.4 is 5.73 Å². The Bertz CT molecular complexity index is 79.0. The zero-order chi connectivity index (χ0) is 6.69. The van der Waals surface area contributed by atoms with E-state index in [1.54, 1.807) is 0 Å². The maximum atomic E-state index is 5.75. The number of ether oxygens (including phenoxy) is 1. The van der Waals surface area contributed by atoms with Crippen LogP contribution in [0, 0.1) is 0 Å². The van der Waals surface area contributed by atoms with Gasteiger partial charge in [0.15, 0.2) is 0 Å². The average molecular weight is 129 g/mol. The minimum Gasteiger partial charge on any atom is -0.377 e. The Kier molecular flexibility index (Phi) is 2.49. The van der Waals surface area contributed by atoms with Gasteiger partial charge in [-0.05, 0) is 19.3 Å². The standard InChI is InChI=1S/C7H15NO/c1-2-6(8)7-4-3-5-9-7/h6-7H,2-5,8H2,1H3/t6-,7+/m1/s1. The van der Waals surface area contributed by atoms with Crippen molar-refractivity contribution in [2.45, 2.75) is 38.3 Å². The molecule has 1 aliphatic rings. The zero-order valence-corrected chi connectivity index (χ0v) is 5.97. The van der Waals surface area contributed by atoms with Crippen LogP contribution in [-0.4, -0.2) is 18.8 Å². The van der Waals surface area contributed by atoms with Crippen LogP contribution in [0.2, 0.25) is 0 Å². The summed E-state index contributed by atoms with van der Waals surface area (Å²) >= 11 is 0. The monoisotopic (exact) mass is 129 g/mol. The molecule has 0 aliphatic carbocycles. The first kappa shape index (κ1) is 7.03. The third kappa shape index (κ3) is 1.66. The van der Waals surface area contributed by atoms with E-state index in [2.05, 4.69) is 6.92 Å². The quantitative estimate of drug-likeness (QED) is 0.601. The molecule has 0 spiro atoms. The van der Waals surface area contributed by atoms with Crippen molar-refractivity contribution in [1.29, 1.82) is 0 Å². The molecule has 54 valence electrons. The van der Waals surface area contributed by atoms with Gasteiger partial charge in [0.2, 0.25) is 0 Å². The highest BCUT2D eigenvalue weighted by Crippen LogP contribution is 2.15. The average Bonchev–Trinajstić information content (AvgIpc) is 2.37. The van der Waals surface area contributed by atoms with Gasteiger partial charge in [0, 0.05) is 12.6 Å². The number of hydrogen-bond acceptors (Lipinski definition) is 2. The minimum absolute atomic E-state index is 0.271. The van der Waals surface area contributed by atoms with Gasteiger partial charge in [-0.3, -0.25) is 0 Å². The molecule has 1 rings (SSSR count). The first-order valence-electron chi connectivity index (χ1n) is 3.71. The fourth-order valence-electron chi connectivity index (χ4n) is 1.20. The number of nitrogens with two attached hydrogens (primary N) is 1. The van der Waals surface area contributed by atoms with Crippen LogP contribution in [0.25, 0.3) is 0 Å². The normalized spacial score (nSPS) is 30.7. The molecule has 1 aliphatic heterocycles. The van der Waals surface area contributed by atoms with E-state index in [1.165, 1.54) is 6.42 Å². The summed E-state index contributed by atoms with van der Waals surface area (Å²) in [6.07, 6.45) is 3.74. The third-order valence-electron chi connectivity index (χ3n) is 1.91. The Morgan fingerprint density at radius 1 is 1.78 bits per heavy atom. The molecule has 9 heavy (non-hydrogen) atoms. The molecule has 0 radical (unpaired) electrons. The lowest BCUT2D eigenvalue weighted by Crippen LogP contribution is -2.33. The fourth-order valence-corrected chi connectivity index (χ4v) is 1.20. The summed E-state index contributed by atoms with van der Waals surface area (Å²) in [5, 5.41) is 0. The summed E-state index contributed by atoms with van der Waals surface area (Å²) in [6.45, 7) is 3.02. The fraction of sp³-hybridized carbons (Fsp3) is 1.00. The Hall–Kier alpha value is -0.0800. The van der Waals surface area contributed by atoms with E-state index in [4.69, 9.17) is 10.5 Å². The highest BCUT2D eigenvalue weighted by Gasteiger charge is 2.20. The predicted octanol–water partition coefficient (Wildman–Crippen LogP) is 0.903. The molecule has 2 atom stereocenters. The molecular formula is C7H15NO. The van der Waals surface area contributed by atoms with Crippen molar-refractivity contribution in [3.8, 4) is 0 Å². The lowest BCUT2D eigenvalue weighted by molar-refractivity contribution is 0.0889. The zero-order valence-electron chi connectivity index (χ0n) is 5.97. The molecule has 0 aromatic heterocycles. The second kappa shape index (κ2) is 3.18. The van der Waals surface area contributed by atoms with Gasteiger partial charge < -0.3 is 10.5 Å². The van der Waals surface area contributed by atoms with E-state index < -0.39 is 0 Å². The molecule has 2 nitrogen and oxygen atoms in total. The van der Waals surface area contributed by atoms with Crippen LogP contribution in [0.4, 0.5) is 0 Å². The van der Waals surface area contributed by atoms with Gasteiger partial charge in [-0.15, -0.1) is 0 Å². The Morgan fingerprint density at radius 2 is 2.56 bits per heavy atom. The SMILES string of the molecule is CC[C@@H](N)[C@@H]1CCCO1. The van der Waals surface area contributed by atoms with Crippen molar-refractivity contribution in [2.24, 2.45) is 5.73 Å². The van der Waals surface area contributed by atoms with Gasteiger partial charge in [0.05, 0.1) is 6.10 Å². The summed E-state index contributed by atoms with van der Waals surface area (Å²) in [5.74, 6) is 0. The highest BCUT2D eigenvalue weighted by atomic mass is 16.5. The predicted molar refractivity (Wildman–Crippen MR) is 37.2 cm³/mol. The van der Waals surface area contributed by atoms with Crippen molar-refractivity contribution in [3.05, 3.63) is 0 Å². The van der Waals surface area contributed by atoms with Gasteiger partial charge in [0.1, 0.15) is 0 Å². The molecule has 0 unspecified atom stereocenters. The maximum Gasteiger partial charge on any atom is 0.0726 e. The van der Waals surface area contributed by atoms with Crippen molar-refractivity contribution in [2.75, 3.05) is 6.61 Å². The molecular weight excluding hydrogens is 114 g/mol. The largest absolute Gasteiger partial charge is 0.377 e. The molecule has 0 bridgehead atoms. The van der Waals surface area contributed by atoms with Crippen molar-refractivity contribution >= 4 is 0 Å². The Morgan fingerprint density at radius 3 is 3.00 bits per heavy atom. The van der Waals surface area contributed by atoms with Gasteiger partial charge >= 0.3 is 0 Å². The van der Waals surface area contributed by atoms with Crippen molar-refractivity contribution in [1.82, 2.24) is 0 Å². The van der Waals surface area contributed by atoms with E-state index in [0.717, 1.165) is 19.4 Å². The summed E-state index contributed by atoms with van der Waals surface area (Å²) in [5.41, 5.74) is 5.75. The van der Waals surface area contributed by atoms with E-state index in [1.807, 2.05) is 0 Å². The summed E-state index contributed by atoms with van der Waals surface area (Å²) in [6, 6.07) is 0.271. The second-order valence-corrected chi connectivity index (χ2v) is 2.62. The highest BCUT2D eigenvalue weighted by molar-refractivity contribution is 4.75. The van der Waals surface area contributed by atoms with Crippen molar-refractivity contribution in [3.63, 3.8) is 0 Å². The molecule has 2 heteroatoms. The van der Waals surface area contributed by atoms with Gasteiger partial charge in [0.25, 0.3) is 0 Å². The van der Waals surface area contributed by atoms with Crippen LogP contribution in [0.3, 0.4) is 0 Å². The van der Waals surface area contributed by atoms with Crippen LogP contribution in [0.5, 0.6) is 0 Å². The first-order chi connectivity index (χ1) is 4.34.